The van der Waals surface area contributed by atoms with Gasteiger partial charge in [0.25, 0.3) is 0 Å². The summed E-state index contributed by atoms with van der Waals surface area (Å²) in [5, 5.41) is 0. The highest BCUT2D eigenvalue weighted by atomic mass is 16.5. The topological polar surface area (TPSA) is 65.5 Å². The standard InChI is InChI=1S/C15H13NO4/c1-19-12-5-3-4-10(8-12)14(17)13-9-11(6-7-16-13)15(18)20-2/h3-9H,1-2H3. The molecule has 1 aromatic heterocycles. The summed E-state index contributed by atoms with van der Waals surface area (Å²) in [7, 11) is 2.81. The number of ether oxygens (including phenoxy) is 2. The number of nitrogens with zero attached hydrogens (tertiary/aromatic N) is 1. The van der Waals surface area contributed by atoms with Crippen molar-refractivity contribution in [1.29, 1.82) is 0 Å². The van der Waals surface area contributed by atoms with E-state index in [9.17, 15) is 9.59 Å². The summed E-state index contributed by atoms with van der Waals surface area (Å²) in [6.45, 7) is 0. The fourth-order valence-electron chi connectivity index (χ4n) is 1.71. The molecule has 0 atom stereocenters. The first-order valence-electron chi connectivity index (χ1n) is 5.89. The van der Waals surface area contributed by atoms with Crippen LogP contribution in [0, 0.1) is 0 Å². The summed E-state index contributed by atoms with van der Waals surface area (Å²) in [4.78, 5) is 27.7. The van der Waals surface area contributed by atoms with Crippen LogP contribution in [0.3, 0.4) is 0 Å². The third kappa shape index (κ3) is 2.83. The van der Waals surface area contributed by atoms with Gasteiger partial charge in [0, 0.05) is 11.8 Å². The fourth-order valence-corrected chi connectivity index (χ4v) is 1.71. The minimum atomic E-state index is -0.507. The van der Waals surface area contributed by atoms with Gasteiger partial charge < -0.3 is 9.47 Å². The van der Waals surface area contributed by atoms with E-state index in [0.29, 0.717) is 11.3 Å². The number of hydrogen-bond donors (Lipinski definition) is 0. The van der Waals surface area contributed by atoms with E-state index in [4.69, 9.17) is 4.74 Å². The average molecular weight is 271 g/mol. The lowest BCUT2D eigenvalue weighted by Gasteiger charge is -2.05. The number of methoxy groups -OCH3 is 2. The van der Waals surface area contributed by atoms with E-state index in [0.717, 1.165) is 0 Å². The summed E-state index contributed by atoms with van der Waals surface area (Å²) in [6, 6.07) is 9.65. The lowest BCUT2D eigenvalue weighted by molar-refractivity contribution is 0.0600. The van der Waals surface area contributed by atoms with Crippen LogP contribution in [0.1, 0.15) is 26.4 Å². The number of carbonyl (C=O) groups excluding carboxylic acids is 2. The van der Waals surface area contributed by atoms with Gasteiger partial charge in [-0.2, -0.15) is 0 Å². The largest absolute Gasteiger partial charge is 0.497 e. The number of hydrogen-bond acceptors (Lipinski definition) is 5. The highest BCUT2D eigenvalue weighted by molar-refractivity contribution is 6.08. The second kappa shape index (κ2) is 5.97. The van der Waals surface area contributed by atoms with Crippen molar-refractivity contribution in [3.05, 3.63) is 59.4 Å². The predicted molar refractivity (Wildman–Crippen MR) is 72.0 cm³/mol. The Hall–Kier alpha value is -2.69. The van der Waals surface area contributed by atoms with Gasteiger partial charge in [0.2, 0.25) is 5.78 Å². The summed E-state index contributed by atoms with van der Waals surface area (Å²) < 4.78 is 9.69. The Morgan fingerprint density at radius 1 is 1.05 bits per heavy atom. The van der Waals surface area contributed by atoms with Crippen LogP contribution in [0.15, 0.2) is 42.6 Å². The average Bonchev–Trinajstić information content (AvgIpc) is 2.53. The van der Waals surface area contributed by atoms with Gasteiger partial charge in [0.1, 0.15) is 11.4 Å². The molecule has 0 bridgehead atoms. The first-order valence-corrected chi connectivity index (χ1v) is 5.89. The van der Waals surface area contributed by atoms with E-state index in [1.807, 2.05) is 0 Å². The molecule has 0 aliphatic carbocycles. The Kier molecular flexibility index (Phi) is 4.10. The zero-order chi connectivity index (χ0) is 14.5. The maximum Gasteiger partial charge on any atom is 0.337 e. The van der Waals surface area contributed by atoms with Crippen LogP contribution in [-0.2, 0) is 4.74 Å². The molecule has 0 amide bonds. The van der Waals surface area contributed by atoms with Gasteiger partial charge in [-0.3, -0.25) is 9.78 Å². The molecule has 5 nitrogen and oxygen atoms in total. The Bertz CT molecular complexity index is 652. The highest BCUT2D eigenvalue weighted by Gasteiger charge is 2.14. The highest BCUT2D eigenvalue weighted by Crippen LogP contribution is 2.16. The van der Waals surface area contributed by atoms with Gasteiger partial charge in [0.05, 0.1) is 19.8 Å². The monoisotopic (exact) mass is 271 g/mol. The minimum Gasteiger partial charge on any atom is -0.497 e. The zero-order valence-corrected chi connectivity index (χ0v) is 11.1. The molecule has 2 rings (SSSR count). The Balaban J connectivity index is 2.35. The van der Waals surface area contributed by atoms with E-state index < -0.39 is 5.97 Å². The first-order chi connectivity index (χ1) is 9.65. The number of aromatic nitrogens is 1. The van der Waals surface area contributed by atoms with Crippen molar-refractivity contribution in [2.75, 3.05) is 14.2 Å². The van der Waals surface area contributed by atoms with Gasteiger partial charge in [0.15, 0.2) is 0 Å². The van der Waals surface area contributed by atoms with Crippen molar-refractivity contribution in [2.24, 2.45) is 0 Å². The molecule has 0 aliphatic heterocycles. The third-order valence-corrected chi connectivity index (χ3v) is 2.75. The number of carbonyl (C=O) groups is 2. The summed E-state index contributed by atoms with van der Waals surface area (Å²) in [5.41, 5.74) is 0.911. The van der Waals surface area contributed by atoms with E-state index in [1.54, 1.807) is 24.3 Å². The molecular formula is C15H13NO4. The molecule has 20 heavy (non-hydrogen) atoms. The summed E-state index contributed by atoms with van der Waals surface area (Å²) in [6.07, 6.45) is 1.40. The molecule has 0 saturated carbocycles. The third-order valence-electron chi connectivity index (χ3n) is 2.75. The molecule has 0 fully saturated rings. The Labute approximate surface area is 116 Å². The van der Waals surface area contributed by atoms with Crippen molar-refractivity contribution < 1.29 is 19.1 Å². The fraction of sp³-hybridized carbons (Fsp3) is 0.133. The molecule has 0 unspecified atom stereocenters. The molecular weight excluding hydrogens is 258 g/mol. The van der Waals surface area contributed by atoms with Crippen LogP contribution in [0.2, 0.25) is 0 Å². The molecule has 0 spiro atoms. The van der Waals surface area contributed by atoms with Crippen LogP contribution in [0.5, 0.6) is 5.75 Å². The van der Waals surface area contributed by atoms with Crippen molar-refractivity contribution in [3.8, 4) is 5.75 Å². The lowest BCUT2D eigenvalue weighted by Crippen LogP contribution is -2.08. The molecule has 1 aromatic carbocycles. The normalized spacial score (nSPS) is 9.90. The van der Waals surface area contributed by atoms with Crippen LogP contribution < -0.4 is 4.74 Å². The van der Waals surface area contributed by atoms with Gasteiger partial charge >= 0.3 is 5.97 Å². The van der Waals surface area contributed by atoms with Crippen LogP contribution in [-0.4, -0.2) is 31.0 Å². The Morgan fingerprint density at radius 2 is 1.85 bits per heavy atom. The molecule has 1 heterocycles. The lowest BCUT2D eigenvalue weighted by atomic mass is 10.1. The molecule has 0 saturated heterocycles. The molecule has 0 radical (unpaired) electrons. The minimum absolute atomic E-state index is 0.182. The van der Waals surface area contributed by atoms with Crippen molar-refractivity contribution in [2.45, 2.75) is 0 Å². The van der Waals surface area contributed by atoms with Gasteiger partial charge in [-0.25, -0.2) is 4.79 Å². The van der Waals surface area contributed by atoms with Crippen molar-refractivity contribution in [3.63, 3.8) is 0 Å². The zero-order valence-electron chi connectivity index (χ0n) is 11.1. The smallest absolute Gasteiger partial charge is 0.337 e. The quantitative estimate of drug-likeness (QED) is 0.629. The molecule has 2 aromatic rings. The SMILES string of the molecule is COC(=O)c1ccnc(C(=O)c2cccc(OC)c2)c1. The summed E-state index contributed by atoms with van der Waals surface area (Å²) in [5.74, 6) is -0.207. The van der Waals surface area contributed by atoms with E-state index in [-0.39, 0.29) is 17.0 Å². The molecule has 0 aliphatic rings. The van der Waals surface area contributed by atoms with Gasteiger partial charge in [-0.05, 0) is 24.3 Å². The molecule has 5 heteroatoms. The van der Waals surface area contributed by atoms with Crippen LogP contribution in [0.4, 0.5) is 0 Å². The number of esters is 1. The molecule has 0 N–H and O–H groups in total. The number of pyridine rings is 1. The van der Waals surface area contributed by atoms with Crippen LogP contribution >= 0.6 is 0 Å². The second-order valence-electron chi connectivity index (χ2n) is 3.98. The number of benzene rings is 1. The van der Waals surface area contributed by atoms with E-state index in [1.165, 1.54) is 32.5 Å². The molecule has 102 valence electrons. The van der Waals surface area contributed by atoms with E-state index in [2.05, 4.69) is 9.72 Å². The van der Waals surface area contributed by atoms with Gasteiger partial charge in [-0.1, -0.05) is 12.1 Å². The maximum absolute atomic E-state index is 12.3. The van der Waals surface area contributed by atoms with Crippen molar-refractivity contribution in [1.82, 2.24) is 4.98 Å². The predicted octanol–water partition coefficient (Wildman–Crippen LogP) is 2.11. The van der Waals surface area contributed by atoms with Crippen LogP contribution in [0.25, 0.3) is 0 Å². The second-order valence-corrected chi connectivity index (χ2v) is 3.98. The summed E-state index contributed by atoms with van der Waals surface area (Å²) >= 11 is 0. The van der Waals surface area contributed by atoms with E-state index >= 15 is 0 Å². The first kappa shape index (κ1) is 13.7. The van der Waals surface area contributed by atoms with Gasteiger partial charge in [-0.15, -0.1) is 0 Å². The maximum atomic E-state index is 12.3. The number of rotatable bonds is 4. The van der Waals surface area contributed by atoms with Crippen molar-refractivity contribution >= 4 is 11.8 Å². The Morgan fingerprint density at radius 3 is 2.55 bits per heavy atom. The number of ketones is 1.